The summed E-state index contributed by atoms with van der Waals surface area (Å²) in [7, 11) is 5.54. The van der Waals surface area contributed by atoms with Gasteiger partial charge in [0.15, 0.2) is 0 Å². The van der Waals surface area contributed by atoms with Crippen LogP contribution in [0, 0.1) is 0 Å². The molecule has 0 bridgehead atoms. The third-order valence-corrected chi connectivity index (χ3v) is 4.05. The molecule has 0 aliphatic carbocycles. The number of carbonyl (C=O) groups excluding carboxylic acids is 1. The predicted molar refractivity (Wildman–Crippen MR) is 88.0 cm³/mol. The standard InChI is InChI=1S/C17H27N3O2/c1-19(2)13-17(21)20-10-8-15(9-11-20)18-12-14-4-6-16(22-3)7-5-14/h4-7,15,18H,8-13H2,1-3H3. The minimum absolute atomic E-state index is 0.235. The summed E-state index contributed by atoms with van der Waals surface area (Å²) < 4.78 is 5.16. The molecule has 122 valence electrons. The van der Waals surface area contributed by atoms with Crippen molar-refractivity contribution in [1.29, 1.82) is 0 Å². The van der Waals surface area contributed by atoms with Crippen molar-refractivity contribution in [2.45, 2.75) is 25.4 Å². The quantitative estimate of drug-likeness (QED) is 0.861. The van der Waals surface area contributed by atoms with Crippen LogP contribution in [-0.2, 0) is 11.3 Å². The van der Waals surface area contributed by atoms with Crippen molar-refractivity contribution in [2.24, 2.45) is 0 Å². The first-order chi connectivity index (χ1) is 10.6. The summed E-state index contributed by atoms with van der Waals surface area (Å²) in [5, 5.41) is 3.59. The van der Waals surface area contributed by atoms with Crippen LogP contribution in [0.15, 0.2) is 24.3 Å². The van der Waals surface area contributed by atoms with Gasteiger partial charge in [0.2, 0.25) is 5.91 Å². The highest BCUT2D eigenvalue weighted by atomic mass is 16.5. The van der Waals surface area contributed by atoms with E-state index < -0.39 is 0 Å². The van der Waals surface area contributed by atoms with Crippen molar-refractivity contribution in [3.63, 3.8) is 0 Å². The molecule has 0 radical (unpaired) electrons. The first-order valence-corrected chi connectivity index (χ1v) is 7.87. The molecule has 0 saturated carbocycles. The molecule has 2 rings (SSSR count). The highest BCUT2D eigenvalue weighted by molar-refractivity contribution is 5.78. The van der Waals surface area contributed by atoms with Gasteiger partial charge in [-0.15, -0.1) is 0 Å². The molecule has 1 aromatic carbocycles. The maximum Gasteiger partial charge on any atom is 0.236 e. The Balaban J connectivity index is 1.71. The van der Waals surface area contributed by atoms with Crippen molar-refractivity contribution in [3.8, 4) is 5.75 Å². The summed E-state index contributed by atoms with van der Waals surface area (Å²) in [4.78, 5) is 15.9. The minimum atomic E-state index is 0.235. The number of hydrogen-bond donors (Lipinski definition) is 1. The van der Waals surface area contributed by atoms with Crippen molar-refractivity contribution in [3.05, 3.63) is 29.8 Å². The third-order valence-electron chi connectivity index (χ3n) is 4.05. The molecule has 5 heteroatoms. The Kier molecular flexibility index (Phi) is 6.21. The largest absolute Gasteiger partial charge is 0.497 e. The van der Waals surface area contributed by atoms with Gasteiger partial charge in [-0.05, 0) is 44.6 Å². The molecule has 1 N–H and O–H groups in total. The van der Waals surface area contributed by atoms with Crippen molar-refractivity contribution >= 4 is 5.91 Å². The summed E-state index contributed by atoms with van der Waals surface area (Å²) in [6.07, 6.45) is 2.05. The van der Waals surface area contributed by atoms with E-state index in [-0.39, 0.29) is 5.91 Å². The van der Waals surface area contributed by atoms with E-state index in [0.717, 1.165) is 38.2 Å². The van der Waals surface area contributed by atoms with Crippen molar-refractivity contribution in [1.82, 2.24) is 15.1 Å². The highest BCUT2D eigenvalue weighted by Gasteiger charge is 2.22. The Morgan fingerprint density at radius 2 is 1.91 bits per heavy atom. The van der Waals surface area contributed by atoms with E-state index in [1.165, 1.54) is 5.56 Å². The molecular weight excluding hydrogens is 278 g/mol. The van der Waals surface area contributed by atoms with Gasteiger partial charge >= 0.3 is 0 Å². The Hall–Kier alpha value is -1.59. The smallest absolute Gasteiger partial charge is 0.236 e. The fourth-order valence-corrected chi connectivity index (χ4v) is 2.71. The van der Waals surface area contributed by atoms with Crippen LogP contribution in [0.2, 0.25) is 0 Å². The van der Waals surface area contributed by atoms with Crippen LogP contribution in [0.1, 0.15) is 18.4 Å². The minimum Gasteiger partial charge on any atom is -0.497 e. The first kappa shape index (κ1) is 16.8. The van der Waals surface area contributed by atoms with E-state index in [1.807, 2.05) is 36.0 Å². The lowest BCUT2D eigenvalue weighted by molar-refractivity contribution is -0.132. The second kappa shape index (κ2) is 8.15. The van der Waals surface area contributed by atoms with Gasteiger partial charge < -0.3 is 19.9 Å². The van der Waals surface area contributed by atoms with Crippen LogP contribution >= 0.6 is 0 Å². The first-order valence-electron chi connectivity index (χ1n) is 7.87. The molecule has 0 unspecified atom stereocenters. The Bertz CT molecular complexity index is 465. The Morgan fingerprint density at radius 1 is 1.27 bits per heavy atom. The second-order valence-corrected chi connectivity index (χ2v) is 6.12. The normalized spacial score (nSPS) is 16.1. The number of hydrogen-bond acceptors (Lipinski definition) is 4. The highest BCUT2D eigenvalue weighted by Crippen LogP contribution is 2.14. The number of piperidine rings is 1. The average Bonchev–Trinajstić information content (AvgIpc) is 2.53. The Morgan fingerprint density at radius 3 is 2.45 bits per heavy atom. The van der Waals surface area contributed by atoms with Gasteiger partial charge in [0.1, 0.15) is 5.75 Å². The number of methoxy groups -OCH3 is 1. The summed E-state index contributed by atoms with van der Waals surface area (Å²) >= 11 is 0. The van der Waals surface area contributed by atoms with E-state index in [4.69, 9.17) is 4.74 Å². The van der Waals surface area contributed by atoms with Gasteiger partial charge in [-0.3, -0.25) is 4.79 Å². The number of nitrogens with zero attached hydrogens (tertiary/aromatic N) is 2. The van der Waals surface area contributed by atoms with E-state index in [0.29, 0.717) is 12.6 Å². The molecule has 0 atom stereocenters. The molecule has 1 aliphatic heterocycles. The molecule has 22 heavy (non-hydrogen) atoms. The van der Waals surface area contributed by atoms with E-state index in [2.05, 4.69) is 17.4 Å². The number of carbonyl (C=O) groups is 1. The lowest BCUT2D eigenvalue weighted by atomic mass is 10.0. The fourth-order valence-electron chi connectivity index (χ4n) is 2.71. The van der Waals surface area contributed by atoms with Gasteiger partial charge in [-0.1, -0.05) is 12.1 Å². The van der Waals surface area contributed by atoms with Crippen molar-refractivity contribution < 1.29 is 9.53 Å². The predicted octanol–water partition coefficient (Wildman–Crippen LogP) is 1.34. The maximum absolute atomic E-state index is 12.0. The van der Waals surface area contributed by atoms with E-state index in [9.17, 15) is 4.79 Å². The maximum atomic E-state index is 12.0. The summed E-state index contributed by atoms with van der Waals surface area (Å²) in [6, 6.07) is 8.63. The van der Waals surface area contributed by atoms with Gasteiger partial charge in [-0.25, -0.2) is 0 Å². The molecule has 1 amide bonds. The van der Waals surface area contributed by atoms with Crippen LogP contribution in [0.25, 0.3) is 0 Å². The van der Waals surface area contributed by atoms with Crippen molar-refractivity contribution in [2.75, 3.05) is 40.8 Å². The van der Waals surface area contributed by atoms with Gasteiger partial charge in [-0.2, -0.15) is 0 Å². The molecular formula is C17H27N3O2. The Labute approximate surface area is 133 Å². The van der Waals surface area contributed by atoms with Crippen LogP contribution in [0.4, 0.5) is 0 Å². The zero-order valence-corrected chi connectivity index (χ0v) is 13.8. The summed E-state index contributed by atoms with van der Waals surface area (Å²) in [5.74, 6) is 1.12. The SMILES string of the molecule is COc1ccc(CNC2CCN(C(=O)CN(C)C)CC2)cc1. The van der Waals surface area contributed by atoms with Crippen LogP contribution in [-0.4, -0.2) is 62.6 Å². The topological polar surface area (TPSA) is 44.8 Å². The number of amides is 1. The number of nitrogens with one attached hydrogen (secondary N) is 1. The number of benzene rings is 1. The van der Waals surface area contributed by atoms with Gasteiger partial charge in [0.05, 0.1) is 13.7 Å². The zero-order chi connectivity index (χ0) is 15.9. The second-order valence-electron chi connectivity index (χ2n) is 6.12. The van der Waals surface area contributed by atoms with Crippen LogP contribution < -0.4 is 10.1 Å². The summed E-state index contributed by atoms with van der Waals surface area (Å²) in [6.45, 7) is 3.07. The monoisotopic (exact) mass is 305 g/mol. The number of likely N-dealkylation sites (tertiary alicyclic amines) is 1. The number of ether oxygens (including phenoxy) is 1. The van der Waals surface area contributed by atoms with Gasteiger partial charge in [0.25, 0.3) is 0 Å². The van der Waals surface area contributed by atoms with Crippen LogP contribution in [0.5, 0.6) is 5.75 Å². The van der Waals surface area contributed by atoms with Gasteiger partial charge in [0, 0.05) is 25.7 Å². The van der Waals surface area contributed by atoms with Crippen LogP contribution in [0.3, 0.4) is 0 Å². The fraction of sp³-hybridized carbons (Fsp3) is 0.588. The molecule has 0 aromatic heterocycles. The molecule has 1 fully saturated rings. The molecule has 1 saturated heterocycles. The molecule has 5 nitrogen and oxygen atoms in total. The molecule has 1 heterocycles. The average molecular weight is 305 g/mol. The number of rotatable bonds is 6. The molecule has 1 aromatic rings. The molecule has 1 aliphatic rings. The lowest BCUT2D eigenvalue weighted by Crippen LogP contribution is -2.47. The molecule has 0 spiro atoms. The summed E-state index contributed by atoms with van der Waals surface area (Å²) in [5.41, 5.74) is 1.26. The lowest BCUT2D eigenvalue weighted by Gasteiger charge is -2.33. The van der Waals surface area contributed by atoms with E-state index >= 15 is 0 Å². The van der Waals surface area contributed by atoms with E-state index in [1.54, 1.807) is 7.11 Å². The zero-order valence-electron chi connectivity index (χ0n) is 13.8. The third kappa shape index (κ3) is 5.00. The number of likely N-dealkylation sites (N-methyl/N-ethyl adjacent to an activating group) is 1.